The molecule has 0 saturated heterocycles. The summed E-state index contributed by atoms with van der Waals surface area (Å²) in [5.41, 5.74) is 0. The Kier molecular flexibility index (Phi) is 2.70. The molecule has 14 heavy (non-hydrogen) atoms. The van der Waals surface area contributed by atoms with Crippen LogP contribution >= 0.6 is 0 Å². The van der Waals surface area contributed by atoms with Crippen LogP contribution in [0.25, 0.3) is 0 Å². The molecule has 0 aromatic rings. The lowest BCUT2D eigenvalue weighted by atomic mass is 10.1. The maximum Gasteiger partial charge on any atom is 0.315 e. The van der Waals surface area contributed by atoms with Gasteiger partial charge in [-0.15, -0.1) is 0 Å². The summed E-state index contributed by atoms with van der Waals surface area (Å²) in [7, 11) is 0. The summed E-state index contributed by atoms with van der Waals surface area (Å²) in [6, 6.07) is -0.130. The minimum Gasteiger partial charge on any atom is -0.335 e. The Bertz CT molecular complexity index is 234. The molecule has 4 nitrogen and oxygen atoms in total. The van der Waals surface area contributed by atoms with Crippen molar-refractivity contribution in [3.63, 3.8) is 0 Å². The van der Waals surface area contributed by atoms with Crippen LogP contribution in [-0.4, -0.2) is 24.4 Å². The monoisotopic (exact) mass is 196 g/mol. The Balaban J connectivity index is 1.68. The van der Waals surface area contributed by atoms with E-state index in [0.29, 0.717) is 12.0 Å². The summed E-state index contributed by atoms with van der Waals surface area (Å²) in [5.74, 6) is 0.659. The summed E-state index contributed by atoms with van der Waals surface area (Å²) in [5, 5.41) is 5.49. The largest absolute Gasteiger partial charge is 0.335 e. The van der Waals surface area contributed by atoms with Crippen molar-refractivity contribution < 1.29 is 9.59 Å². The second-order valence-corrected chi connectivity index (χ2v) is 4.31. The third-order valence-electron chi connectivity index (χ3n) is 2.68. The molecule has 2 fully saturated rings. The molecular formula is C10H16N2O2. The van der Waals surface area contributed by atoms with E-state index in [-0.39, 0.29) is 12.1 Å². The van der Waals surface area contributed by atoms with Crippen LogP contribution in [0.1, 0.15) is 32.1 Å². The molecule has 0 spiro atoms. The molecule has 0 aromatic carbocycles. The standard InChI is InChI=1S/C10H16N2O2/c13-6-9(5-7-1-2-7)12-10(14)11-8-3-4-8/h6-9H,1-5H2,(H2,11,12,14). The molecule has 2 rings (SSSR count). The fourth-order valence-corrected chi connectivity index (χ4v) is 1.48. The highest BCUT2D eigenvalue weighted by molar-refractivity contribution is 5.78. The molecule has 1 atom stereocenters. The average molecular weight is 196 g/mol. The number of urea groups is 1. The van der Waals surface area contributed by atoms with Gasteiger partial charge in [-0.3, -0.25) is 0 Å². The van der Waals surface area contributed by atoms with Crippen molar-refractivity contribution in [3.8, 4) is 0 Å². The van der Waals surface area contributed by atoms with Gasteiger partial charge in [0.15, 0.2) is 0 Å². The second-order valence-electron chi connectivity index (χ2n) is 4.31. The maximum absolute atomic E-state index is 11.3. The molecule has 1 unspecified atom stereocenters. The third-order valence-corrected chi connectivity index (χ3v) is 2.68. The van der Waals surface area contributed by atoms with Crippen molar-refractivity contribution in [1.82, 2.24) is 10.6 Å². The van der Waals surface area contributed by atoms with E-state index in [1.54, 1.807) is 0 Å². The van der Waals surface area contributed by atoms with Gasteiger partial charge in [0, 0.05) is 6.04 Å². The van der Waals surface area contributed by atoms with Gasteiger partial charge in [0.1, 0.15) is 6.29 Å². The predicted molar refractivity (Wildman–Crippen MR) is 51.9 cm³/mol. The number of hydrogen-bond acceptors (Lipinski definition) is 2. The Morgan fingerprint density at radius 1 is 1.36 bits per heavy atom. The molecule has 78 valence electrons. The van der Waals surface area contributed by atoms with Gasteiger partial charge < -0.3 is 15.4 Å². The third kappa shape index (κ3) is 3.01. The predicted octanol–water partition coefficient (Wildman–Crippen LogP) is 0.816. The smallest absolute Gasteiger partial charge is 0.315 e. The van der Waals surface area contributed by atoms with Crippen LogP contribution in [0.2, 0.25) is 0 Å². The molecule has 0 radical (unpaired) electrons. The number of rotatable bonds is 5. The van der Waals surface area contributed by atoms with Crippen molar-refractivity contribution in [2.24, 2.45) is 5.92 Å². The van der Waals surface area contributed by atoms with Crippen molar-refractivity contribution >= 4 is 12.3 Å². The van der Waals surface area contributed by atoms with Crippen LogP contribution < -0.4 is 10.6 Å². The first kappa shape index (κ1) is 9.49. The molecule has 2 amide bonds. The normalized spacial score (nSPS) is 22.6. The summed E-state index contributed by atoms with van der Waals surface area (Å²) >= 11 is 0. The maximum atomic E-state index is 11.3. The molecule has 4 heteroatoms. The Morgan fingerprint density at radius 2 is 2.07 bits per heavy atom. The summed E-state index contributed by atoms with van der Waals surface area (Å²) < 4.78 is 0. The van der Waals surface area contributed by atoms with E-state index >= 15 is 0 Å². The zero-order valence-corrected chi connectivity index (χ0v) is 8.16. The van der Waals surface area contributed by atoms with Crippen LogP contribution in [0, 0.1) is 5.92 Å². The van der Waals surface area contributed by atoms with Crippen LogP contribution in [0.4, 0.5) is 4.79 Å². The molecule has 0 aliphatic heterocycles. The van der Waals surface area contributed by atoms with Crippen LogP contribution in [0.5, 0.6) is 0 Å². The molecule has 2 aliphatic rings. The topological polar surface area (TPSA) is 58.2 Å². The molecule has 2 N–H and O–H groups in total. The number of amides is 2. The zero-order chi connectivity index (χ0) is 9.97. The average Bonchev–Trinajstić information content (AvgIpc) is 2.97. The number of carbonyl (C=O) groups excluding carboxylic acids is 2. The van der Waals surface area contributed by atoms with Gasteiger partial charge in [-0.05, 0) is 25.2 Å². The molecule has 2 saturated carbocycles. The van der Waals surface area contributed by atoms with Gasteiger partial charge in [-0.2, -0.15) is 0 Å². The number of hydrogen-bond donors (Lipinski definition) is 2. The molecular weight excluding hydrogens is 180 g/mol. The quantitative estimate of drug-likeness (QED) is 0.639. The van der Waals surface area contributed by atoms with Crippen molar-refractivity contribution in [2.45, 2.75) is 44.2 Å². The number of nitrogens with one attached hydrogen (secondary N) is 2. The summed E-state index contributed by atoms with van der Waals surface area (Å²) in [6.07, 6.45) is 6.20. The SMILES string of the molecule is O=CC(CC1CC1)NC(=O)NC1CC1. The molecule has 0 aromatic heterocycles. The Hall–Kier alpha value is -1.06. The minimum atomic E-state index is -0.291. The number of carbonyl (C=O) groups is 2. The first-order valence-corrected chi connectivity index (χ1v) is 5.30. The van der Waals surface area contributed by atoms with E-state index in [4.69, 9.17) is 0 Å². The highest BCUT2D eigenvalue weighted by Crippen LogP contribution is 2.33. The first-order valence-electron chi connectivity index (χ1n) is 5.30. The molecule has 2 aliphatic carbocycles. The van der Waals surface area contributed by atoms with Gasteiger partial charge in [0.05, 0.1) is 6.04 Å². The summed E-state index contributed by atoms with van der Waals surface area (Å²) in [4.78, 5) is 21.9. The van der Waals surface area contributed by atoms with Crippen molar-refractivity contribution in [3.05, 3.63) is 0 Å². The van der Waals surface area contributed by atoms with Gasteiger partial charge in [-0.25, -0.2) is 4.79 Å². The van der Waals surface area contributed by atoms with E-state index in [1.807, 2.05) is 0 Å². The minimum absolute atomic E-state index is 0.190. The van der Waals surface area contributed by atoms with E-state index < -0.39 is 0 Å². The van der Waals surface area contributed by atoms with Gasteiger partial charge >= 0.3 is 6.03 Å². The highest BCUT2D eigenvalue weighted by Gasteiger charge is 2.28. The number of aldehydes is 1. The van der Waals surface area contributed by atoms with Gasteiger partial charge in [0.25, 0.3) is 0 Å². The van der Waals surface area contributed by atoms with Gasteiger partial charge in [-0.1, -0.05) is 12.8 Å². The van der Waals surface area contributed by atoms with Crippen LogP contribution in [0.3, 0.4) is 0 Å². The Labute approximate surface area is 83.4 Å². The van der Waals surface area contributed by atoms with E-state index in [0.717, 1.165) is 25.5 Å². The fourth-order valence-electron chi connectivity index (χ4n) is 1.48. The highest BCUT2D eigenvalue weighted by atomic mass is 16.2. The van der Waals surface area contributed by atoms with Crippen LogP contribution in [-0.2, 0) is 4.79 Å². The van der Waals surface area contributed by atoms with Crippen LogP contribution in [0.15, 0.2) is 0 Å². The molecule has 0 heterocycles. The van der Waals surface area contributed by atoms with Crippen molar-refractivity contribution in [1.29, 1.82) is 0 Å². The zero-order valence-electron chi connectivity index (χ0n) is 8.16. The Morgan fingerprint density at radius 3 is 2.57 bits per heavy atom. The summed E-state index contributed by atoms with van der Waals surface area (Å²) in [6.45, 7) is 0. The lowest BCUT2D eigenvalue weighted by Gasteiger charge is -2.12. The van der Waals surface area contributed by atoms with Gasteiger partial charge in [0.2, 0.25) is 0 Å². The lowest BCUT2D eigenvalue weighted by Crippen LogP contribution is -2.43. The second kappa shape index (κ2) is 3.98. The van der Waals surface area contributed by atoms with E-state index in [2.05, 4.69) is 10.6 Å². The van der Waals surface area contributed by atoms with Crippen molar-refractivity contribution in [2.75, 3.05) is 0 Å². The lowest BCUT2D eigenvalue weighted by molar-refractivity contribution is -0.109. The van der Waals surface area contributed by atoms with E-state index in [1.165, 1.54) is 12.8 Å². The van der Waals surface area contributed by atoms with E-state index in [9.17, 15) is 9.59 Å². The first-order chi connectivity index (χ1) is 6.78. The fraction of sp³-hybridized carbons (Fsp3) is 0.800. The molecule has 0 bridgehead atoms.